The molecule has 1 aliphatic heterocycles. The Labute approximate surface area is 244 Å². The van der Waals surface area contributed by atoms with E-state index in [1.807, 2.05) is 24.3 Å². The molecule has 1 aliphatic rings. The van der Waals surface area contributed by atoms with Crippen LogP contribution in [0.1, 0.15) is 61.9 Å². The Hall–Kier alpha value is -2.14. The minimum atomic E-state index is -3.96. The van der Waals surface area contributed by atoms with E-state index in [4.69, 9.17) is 27.9 Å². The molecule has 2 aromatic carbocycles. The monoisotopic (exact) mass is 609 g/mol. The lowest BCUT2D eigenvalue weighted by molar-refractivity contribution is -0.122. The first-order chi connectivity index (χ1) is 18.6. The molecule has 39 heavy (non-hydrogen) atoms. The Morgan fingerprint density at radius 1 is 1.13 bits per heavy atom. The van der Waals surface area contributed by atoms with Crippen molar-refractivity contribution >= 4 is 50.5 Å². The molecule has 2 heterocycles. The summed E-state index contributed by atoms with van der Waals surface area (Å²) >= 11 is 12.8. The average Bonchev–Trinajstić information content (AvgIpc) is 3.25. The summed E-state index contributed by atoms with van der Waals surface area (Å²) in [7, 11) is -3.96. The van der Waals surface area contributed by atoms with Crippen LogP contribution in [0.2, 0.25) is 9.36 Å². The summed E-state index contributed by atoms with van der Waals surface area (Å²) in [6.07, 6.45) is 1.66. The number of nitrogens with one attached hydrogen (secondary N) is 3. The largest absolute Gasteiger partial charge is 0.493 e. The quantitative estimate of drug-likeness (QED) is 0.211. The van der Waals surface area contributed by atoms with Gasteiger partial charge in [0.25, 0.3) is 10.0 Å². The van der Waals surface area contributed by atoms with Gasteiger partial charge in [0, 0.05) is 24.9 Å². The molecule has 0 saturated carbocycles. The Balaban J connectivity index is 1.45. The molecular weight excluding hydrogens is 577 g/mol. The van der Waals surface area contributed by atoms with Crippen LogP contribution in [0.25, 0.3) is 0 Å². The van der Waals surface area contributed by atoms with Crippen molar-refractivity contribution in [2.45, 2.75) is 55.9 Å². The van der Waals surface area contributed by atoms with Gasteiger partial charge in [0.2, 0.25) is 5.91 Å². The van der Waals surface area contributed by atoms with Crippen molar-refractivity contribution in [3.05, 3.63) is 80.6 Å². The van der Waals surface area contributed by atoms with E-state index >= 15 is 0 Å². The summed E-state index contributed by atoms with van der Waals surface area (Å²) in [4.78, 5) is 13.2. The number of ether oxygens (including phenoxy) is 1. The van der Waals surface area contributed by atoms with Crippen molar-refractivity contribution in [1.82, 2.24) is 15.4 Å². The van der Waals surface area contributed by atoms with Gasteiger partial charge >= 0.3 is 0 Å². The van der Waals surface area contributed by atoms with Crippen LogP contribution in [0, 0.1) is 5.92 Å². The van der Waals surface area contributed by atoms with Gasteiger partial charge in [-0.05, 0) is 42.1 Å². The van der Waals surface area contributed by atoms with Crippen LogP contribution in [-0.4, -0.2) is 27.5 Å². The average molecular weight is 611 g/mol. The van der Waals surface area contributed by atoms with Crippen molar-refractivity contribution in [3.8, 4) is 5.75 Å². The molecule has 7 nitrogen and oxygen atoms in total. The Morgan fingerprint density at radius 3 is 2.59 bits per heavy atom. The second-order valence-electron chi connectivity index (χ2n) is 9.96. The molecule has 2 atom stereocenters. The van der Waals surface area contributed by atoms with E-state index in [0.29, 0.717) is 24.5 Å². The number of sulfonamides is 1. The number of amides is 1. The number of hydrogen-bond acceptors (Lipinski definition) is 6. The minimum absolute atomic E-state index is 0.00769. The Kier molecular flexibility index (Phi) is 10.3. The number of rotatable bonds is 12. The van der Waals surface area contributed by atoms with Crippen LogP contribution in [0.3, 0.4) is 0 Å². The first kappa shape index (κ1) is 29.8. The molecule has 0 saturated heterocycles. The molecule has 0 aliphatic carbocycles. The van der Waals surface area contributed by atoms with Crippen LogP contribution in [-0.2, 0) is 21.4 Å². The lowest BCUT2D eigenvalue weighted by Gasteiger charge is -2.28. The van der Waals surface area contributed by atoms with E-state index in [1.54, 1.807) is 24.3 Å². The van der Waals surface area contributed by atoms with Crippen molar-refractivity contribution < 1.29 is 17.9 Å². The van der Waals surface area contributed by atoms with Crippen LogP contribution in [0.4, 0.5) is 0 Å². The highest BCUT2D eigenvalue weighted by Gasteiger charge is 2.28. The second-order valence-corrected chi connectivity index (χ2v) is 14.0. The molecule has 3 aromatic rings. The molecule has 0 fully saturated rings. The highest BCUT2D eigenvalue weighted by molar-refractivity contribution is 7.91. The van der Waals surface area contributed by atoms with Gasteiger partial charge in [-0.1, -0.05) is 79.5 Å². The molecule has 1 aromatic heterocycles. The van der Waals surface area contributed by atoms with Gasteiger partial charge in [0.15, 0.2) is 0 Å². The predicted molar refractivity (Wildman–Crippen MR) is 157 cm³/mol. The van der Waals surface area contributed by atoms with Crippen LogP contribution in [0.15, 0.2) is 58.8 Å². The number of benzene rings is 2. The van der Waals surface area contributed by atoms with Crippen LogP contribution < -0.4 is 20.1 Å². The molecule has 0 spiro atoms. The van der Waals surface area contributed by atoms with Crippen molar-refractivity contribution in [1.29, 1.82) is 0 Å². The van der Waals surface area contributed by atoms with E-state index in [9.17, 15) is 13.2 Å². The highest BCUT2D eigenvalue weighted by atomic mass is 35.5. The van der Waals surface area contributed by atoms with Crippen molar-refractivity contribution in [2.75, 3.05) is 13.2 Å². The van der Waals surface area contributed by atoms with Gasteiger partial charge in [-0.15, -0.1) is 11.3 Å². The molecule has 210 valence electrons. The van der Waals surface area contributed by atoms with E-state index in [2.05, 4.69) is 29.2 Å². The normalized spacial score (nSPS) is 16.0. The van der Waals surface area contributed by atoms with Gasteiger partial charge < -0.3 is 15.4 Å². The molecule has 11 heteroatoms. The number of hydrogen-bond donors (Lipinski definition) is 3. The van der Waals surface area contributed by atoms with E-state index < -0.39 is 16.1 Å². The zero-order valence-corrected chi connectivity index (χ0v) is 25.0. The van der Waals surface area contributed by atoms with Gasteiger partial charge in [-0.3, -0.25) is 4.79 Å². The van der Waals surface area contributed by atoms with Gasteiger partial charge in [0.05, 0.1) is 23.7 Å². The van der Waals surface area contributed by atoms with Crippen LogP contribution >= 0.6 is 34.5 Å². The van der Waals surface area contributed by atoms with Gasteiger partial charge in [-0.25, -0.2) is 13.1 Å². The third-order valence-corrected chi connectivity index (χ3v) is 10.3. The van der Waals surface area contributed by atoms with E-state index in [0.717, 1.165) is 47.7 Å². The molecule has 3 N–H and O–H groups in total. The second kappa shape index (κ2) is 13.5. The summed E-state index contributed by atoms with van der Waals surface area (Å²) in [5.74, 6) is 1.14. The number of thiophene rings is 1. The first-order valence-corrected chi connectivity index (χ1v) is 16.0. The Morgan fingerprint density at radius 2 is 1.90 bits per heavy atom. The topological polar surface area (TPSA) is 96.5 Å². The maximum atomic E-state index is 13.2. The molecule has 1 amide bonds. The standard InChI is InChI=1S/C28H33Cl2N3O4S2/c1-18(2)10-12-31-17-19-8-9-21-23(11-13-37-25(21)14-19)32-26(34)16-24(20-6-4-3-5-7-20)33-39(35,36)27-15-22(29)28(30)38-27/h3-9,14-15,18,23-24,31,33H,10-13,16-17H2,1-2H3,(H,32,34). The summed E-state index contributed by atoms with van der Waals surface area (Å²) in [6, 6.07) is 15.4. The lowest BCUT2D eigenvalue weighted by atomic mass is 9.98. The smallest absolute Gasteiger partial charge is 0.250 e. The van der Waals surface area contributed by atoms with E-state index in [1.165, 1.54) is 6.07 Å². The first-order valence-electron chi connectivity index (χ1n) is 12.9. The summed E-state index contributed by atoms with van der Waals surface area (Å²) < 4.78 is 35.0. The summed E-state index contributed by atoms with van der Waals surface area (Å²) in [5.41, 5.74) is 2.71. The number of halogens is 2. The van der Waals surface area contributed by atoms with E-state index in [-0.39, 0.29) is 31.9 Å². The molecule has 0 radical (unpaired) electrons. The maximum absolute atomic E-state index is 13.2. The van der Waals surface area contributed by atoms with Crippen LogP contribution in [0.5, 0.6) is 5.75 Å². The lowest BCUT2D eigenvalue weighted by Crippen LogP contribution is -2.36. The fourth-order valence-electron chi connectivity index (χ4n) is 4.37. The van der Waals surface area contributed by atoms with Gasteiger partial charge in [0.1, 0.15) is 14.3 Å². The fourth-order valence-corrected chi connectivity index (χ4v) is 7.49. The number of carbonyl (C=O) groups is 1. The number of carbonyl (C=O) groups excluding carboxylic acids is 1. The molecular formula is C28H33Cl2N3O4S2. The third kappa shape index (κ3) is 8.19. The minimum Gasteiger partial charge on any atom is -0.493 e. The Bertz CT molecular complexity index is 1360. The molecule has 2 unspecified atom stereocenters. The highest BCUT2D eigenvalue weighted by Crippen LogP contribution is 2.36. The maximum Gasteiger partial charge on any atom is 0.250 e. The zero-order valence-electron chi connectivity index (χ0n) is 21.9. The SMILES string of the molecule is CC(C)CCNCc1ccc2c(c1)OCCC2NC(=O)CC(NS(=O)(=O)c1cc(Cl)c(Cl)s1)c1ccccc1. The zero-order chi connectivity index (χ0) is 28.0. The third-order valence-electron chi connectivity index (χ3n) is 6.46. The molecule has 4 rings (SSSR count). The molecule has 0 bridgehead atoms. The fraction of sp³-hybridized carbons (Fsp3) is 0.393. The summed E-state index contributed by atoms with van der Waals surface area (Å²) in [6.45, 7) is 6.59. The van der Waals surface area contributed by atoms with Crippen molar-refractivity contribution in [2.24, 2.45) is 5.92 Å². The summed E-state index contributed by atoms with van der Waals surface area (Å²) in [5, 5.41) is 6.72. The number of fused-ring (bicyclic) bond motifs is 1. The van der Waals surface area contributed by atoms with Gasteiger partial charge in [-0.2, -0.15) is 0 Å². The van der Waals surface area contributed by atoms with Crippen molar-refractivity contribution in [3.63, 3.8) is 0 Å². The predicted octanol–water partition coefficient (Wildman–Crippen LogP) is 6.24.